The summed E-state index contributed by atoms with van der Waals surface area (Å²) in [5.41, 5.74) is -0.618. The first kappa shape index (κ1) is 24.0. The third kappa shape index (κ3) is 4.48. The number of methoxy groups -OCH3 is 1. The Morgan fingerprint density at radius 3 is 2.38 bits per heavy atom. The van der Waals surface area contributed by atoms with E-state index < -0.39 is 5.41 Å². The molecule has 9 nitrogen and oxygen atoms in total. The first-order valence-electron chi connectivity index (χ1n) is 12.1. The van der Waals surface area contributed by atoms with Gasteiger partial charge in [0.15, 0.2) is 0 Å². The van der Waals surface area contributed by atoms with Crippen LogP contribution in [-0.2, 0) is 24.5 Å². The fourth-order valence-corrected chi connectivity index (χ4v) is 5.40. The molecule has 1 aromatic rings. The third-order valence-electron chi connectivity index (χ3n) is 7.27. The van der Waals surface area contributed by atoms with Gasteiger partial charge in [-0.05, 0) is 37.5 Å². The summed E-state index contributed by atoms with van der Waals surface area (Å²) >= 11 is 0. The van der Waals surface area contributed by atoms with Crippen molar-refractivity contribution < 1.29 is 28.7 Å². The molecule has 3 aliphatic rings. The molecule has 0 unspecified atom stereocenters. The van der Waals surface area contributed by atoms with Gasteiger partial charge < -0.3 is 19.3 Å². The SMILES string of the molecule is CCOC(=O)N1CCN(C(=O)C[C@]2(c3cccc(OC)c3)CC(=O)N(C3CCCC3)C2=O)CC1. The summed E-state index contributed by atoms with van der Waals surface area (Å²) in [6.07, 6.45) is 3.13. The Bertz CT molecular complexity index is 952. The minimum absolute atomic E-state index is 0.0238. The lowest BCUT2D eigenvalue weighted by Crippen LogP contribution is -2.52. The maximum absolute atomic E-state index is 13.9. The summed E-state index contributed by atoms with van der Waals surface area (Å²) in [5, 5.41) is 0. The number of benzene rings is 1. The van der Waals surface area contributed by atoms with Gasteiger partial charge in [-0.1, -0.05) is 25.0 Å². The average Bonchev–Trinajstić information content (AvgIpc) is 3.46. The monoisotopic (exact) mass is 471 g/mol. The Kier molecular flexibility index (Phi) is 7.09. The lowest BCUT2D eigenvalue weighted by Gasteiger charge is -2.36. The molecular weight excluding hydrogens is 438 g/mol. The van der Waals surface area contributed by atoms with Crippen LogP contribution in [0.2, 0.25) is 0 Å². The predicted octanol–water partition coefficient (Wildman–Crippen LogP) is 2.33. The van der Waals surface area contributed by atoms with Crippen molar-refractivity contribution >= 4 is 23.8 Å². The van der Waals surface area contributed by atoms with E-state index in [0.29, 0.717) is 44.1 Å². The maximum Gasteiger partial charge on any atom is 0.409 e. The van der Waals surface area contributed by atoms with Crippen LogP contribution in [0, 0.1) is 0 Å². The summed E-state index contributed by atoms with van der Waals surface area (Å²) in [6.45, 7) is 3.52. The number of likely N-dealkylation sites (tertiary alicyclic amines) is 1. The standard InChI is InChI=1S/C25H33N3O6/c1-3-34-24(32)27-13-11-26(12-14-27)21(29)16-25(18-7-6-10-20(15-18)33-2)17-22(30)28(23(25)31)19-8-4-5-9-19/h6-7,10,15,19H,3-5,8-9,11-14,16-17H2,1-2H3/t25-/m1/s1. The molecule has 184 valence electrons. The summed E-state index contributed by atoms with van der Waals surface area (Å²) in [5.74, 6) is -0.108. The lowest BCUT2D eigenvalue weighted by atomic mass is 9.75. The van der Waals surface area contributed by atoms with Crippen LogP contribution in [0.5, 0.6) is 5.75 Å². The summed E-state index contributed by atoms with van der Waals surface area (Å²) in [4.78, 5) is 57.1. The number of hydrogen-bond acceptors (Lipinski definition) is 6. The van der Waals surface area contributed by atoms with Crippen molar-refractivity contribution in [3.63, 3.8) is 0 Å². The van der Waals surface area contributed by atoms with Gasteiger partial charge in [0, 0.05) is 45.1 Å². The van der Waals surface area contributed by atoms with Gasteiger partial charge in [-0.2, -0.15) is 0 Å². The van der Waals surface area contributed by atoms with E-state index in [1.807, 2.05) is 0 Å². The highest BCUT2D eigenvalue weighted by atomic mass is 16.6. The number of carbonyl (C=O) groups excluding carboxylic acids is 4. The first-order valence-corrected chi connectivity index (χ1v) is 12.1. The first-order chi connectivity index (χ1) is 16.4. The van der Waals surface area contributed by atoms with Crippen LogP contribution in [-0.4, -0.2) is 84.5 Å². The third-order valence-corrected chi connectivity index (χ3v) is 7.27. The molecule has 1 saturated carbocycles. The highest BCUT2D eigenvalue weighted by Crippen LogP contribution is 2.43. The van der Waals surface area contributed by atoms with Crippen molar-refractivity contribution in [2.75, 3.05) is 39.9 Å². The molecule has 4 rings (SSSR count). The highest BCUT2D eigenvalue weighted by molar-refractivity contribution is 6.11. The van der Waals surface area contributed by atoms with Gasteiger partial charge >= 0.3 is 6.09 Å². The van der Waals surface area contributed by atoms with E-state index in [4.69, 9.17) is 9.47 Å². The number of piperazine rings is 1. The molecule has 0 aromatic heterocycles. The van der Waals surface area contributed by atoms with Crippen molar-refractivity contribution in [3.8, 4) is 5.75 Å². The van der Waals surface area contributed by atoms with Crippen molar-refractivity contribution in [1.82, 2.24) is 14.7 Å². The van der Waals surface area contributed by atoms with E-state index in [9.17, 15) is 19.2 Å². The number of ether oxygens (including phenoxy) is 2. The van der Waals surface area contributed by atoms with E-state index in [2.05, 4.69) is 0 Å². The molecule has 1 aromatic carbocycles. The lowest BCUT2D eigenvalue weighted by molar-refractivity contribution is -0.145. The average molecular weight is 472 g/mol. The van der Waals surface area contributed by atoms with E-state index in [1.165, 1.54) is 4.90 Å². The second-order valence-electron chi connectivity index (χ2n) is 9.24. The van der Waals surface area contributed by atoms with Crippen LogP contribution in [0.15, 0.2) is 24.3 Å². The fourth-order valence-electron chi connectivity index (χ4n) is 5.40. The molecule has 3 fully saturated rings. The Hall–Kier alpha value is -3.10. The van der Waals surface area contributed by atoms with Crippen molar-refractivity contribution in [1.29, 1.82) is 0 Å². The van der Waals surface area contributed by atoms with Gasteiger partial charge in [-0.3, -0.25) is 19.3 Å². The zero-order valence-corrected chi connectivity index (χ0v) is 20.0. The second-order valence-corrected chi connectivity index (χ2v) is 9.24. The maximum atomic E-state index is 13.9. The van der Waals surface area contributed by atoms with E-state index >= 15 is 0 Å². The summed E-state index contributed by atoms with van der Waals surface area (Å²) in [6, 6.07) is 7.04. The molecule has 0 spiro atoms. The molecule has 2 aliphatic heterocycles. The molecule has 0 bridgehead atoms. The van der Waals surface area contributed by atoms with Crippen LogP contribution in [0.25, 0.3) is 0 Å². The highest BCUT2D eigenvalue weighted by Gasteiger charge is 2.56. The zero-order chi connectivity index (χ0) is 24.3. The quantitative estimate of drug-likeness (QED) is 0.591. The van der Waals surface area contributed by atoms with Gasteiger partial charge in [-0.25, -0.2) is 4.79 Å². The number of hydrogen-bond donors (Lipinski definition) is 0. The topological polar surface area (TPSA) is 96.5 Å². The molecule has 2 heterocycles. The van der Waals surface area contributed by atoms with E-state index in [0.717, 1.165) is 25.7 Å². The number of amides is 4. The minimum Gasteiger partial charge on any atom is -0.497 e. The smallest absolute Gasteiger partial charge is 0.409 e. The van der Waals surface area contributed by atoms with Crippen molar-refractivity contribution in [3.05, 3.63) is 29.8 Å². The Morgan fingerprint density at radius 2 is 1.74 bits per heavy atom. The number of carbonyl (C=O) groups is 4. The Labute approximate surface area is 200 Å². The summed E-state index contributed by atoms with van der Waals surface area (Å²) < 4.78 is 10.4. The van der Waals surface area contributed by atoms with Gasteiger partial charge in [0.25, 0.3) is 0 Å². The largest absolute Gasteiger partial charge is 0.497 e. The van der Waals surface area contributed by atoms with Crippen LogP contribution in [0.3, 0.4) is 0 Å². The van der Waals surface area contributed by atoms with Gasteiger partial charge in [0.2, 0.25) is 17.7 Å². The minimum atomic E-state index is -1.25. The fraction of sp³-hybridized carbons (Fsp3) is 0.600. The van der Waals surface area contributed by atoms with Gasteiger partial charge in [-0.15, -0.1) is 0 Å². The molecule has 34 heavy (non-hydrogen) atoms. The predicted molar refractivity (Wildman–Crippen MR) is 123 cm³/mol. The molecule has 1 atom stereocenters. The normalized spacial score (nSPS) is 23.5. The zero-order valence-electron chi connectivity index (χ0n) is 20.0. The van der Waals surface area contributed by atoms with E-state index in [1.54, 1.807) is 48.1 Å². The molecule has 1 aliphatic carbocycles. The van der Waals surface area contributed by atoms with Crippen molar-refractivity contribution in [2.24, 2.45) is 0 Å². The van der Waals surface area contributed by atoms with Crippen LogP contribution >= 0.6 is 0 Å². The summed E-state index contributed by atoms with van der Waals surface area (Å²) in [7, 11) is 1.55. The Morgan fingerprint density at radius 1 is 1.06 bits per heavy atom. The van der Waals surface area contributed by atoms with E-state index in [-0.39, 0.29) is 42.7 Å². The van der Waals surface area contributed by atoms with Gasteiger partial charge in [0.1, 0.15) is 5.75 Å². The number of rotatable bonds is 6. The second kappa shape index (κ2) is 10.0. The van der Waals surface area contributed by atoms with Crippen LogP contribution in [0.1, 0.15) is 51.0 Å². The van der Waals surface area contributed by atoms with Gasteiger partial charge in [0.05, 0.1) is 19.1 Å². The number of imide groups is 1. The Balaban J connectivity index is 1.57. The molecule has 0 radical (unpaired) electrons. The molecular formula is C25H33N3O6. The molecule has 0 N–H and O–H groups in total. The van der Waals surface area contributed by atoms with Crippen LogP contribution in [0.4, 0.5) is 4.79 Å². The number of nitrogens with zero attached hydrogens (tertiary/aromatic N) is 3. The molecule has 9 heteroatoms. The van der Waals surface area contributed by atoms with Crippen molar-refractivity contribution in [2.45, 2.75) is 56.9 Å². The molecule has 2 saturated heterocycles. The van der Waals surface area contributed by atoms with Crippen LogP contribution < -0.4 is 4.74 Å². The molecule has 4 amide bonds.